The zero-order chi connectivity index (χ0) is 15.3. The molecule has 0 heterocycles. The number of amides is 1. The number of carbonyl (C=O) groups is 1. The van der Waals surface area contributed by atoms with Gasteiger partial charge in [-0.1, -0.05) is 25.8 Å². The summed E-state index contributed by atoms with van der Waals surface area (Å²) in [5.41, 5.74) is 5.61. The number of aryl methyl sites for hydroxylation is 1. The number of benzene rings is 1. The van der Waals surface area contributed by atoms with Gasteiger partial charge in [-0.2, -0.15) is 13.2 Å². The average molecular weight is 288 g/mol. The number of unbranched alkanes of at least 4 members (excludes halogenated alkanes) is 1. The topological polar surface area (TPSA) is 55.1 Å². The summed E-state index contributed by atoms with van der Waals surface area (Å²) in [4.78, 5) is 11.8. The van der Waals surface area contributed by atoms with E-state index in [-0.39, 0.29) is 5.69 Å². The summed E-state index contributed by atoms with van der Waals surface area (Å²) >= 11 is 0. The van der Waals surface area contributed by atoms with E-state index in [1.165, 1.54) is 6.07 Å². The molecule has 0 unspecified atom stereocenters. The number of carbonyl (C=O) groups excluding carboxylic acids is 1. The van der Waals surface area contributed by atoms with Gasteiger partial charge >= 0.3 is 6.18 Å². The highest BCUT2D eigenvalue weighted by Crippen LogP contribution is 2.32. The van der Waals surface area contributed by atoms with Crippen molar-refractivity contribution in [2.75, 3.05) is 5.32 Å². The highest BCUT2D eigenvalue weighted by atomic mass is 19.4. The Morgan fingerprint density at radius 3 is 2.60 bits per heavy atom. The molecule has 0 aromatic heterocycles. The van der Waals surface area contributed by atoms with Crippen molar-refractivity contribution in [1.29, 1.82) is 0 Å². The molecule has 0 radical (unpaired) electrons. The second kappa shape index (κ2) is 6.74. The normalized spacial score (nSPS) is 13.1. The Bertz CT molecular complexity index is 472. The number of nitrogens with two attached hydrogens (primary N) is 1. The van der Waals surface area contributed by atoms with E-state index in [9.17, 15) is 18.0 Å². The van der Waals surface area contributed by atoms with E-state index >= 15 is 0 Å². The van der Waals surface area contributed by atoms with Crippen molar-refractivity contribution in [2.24, 2.45) is 5.73 Å². The fraction of sp³-hybridized carbons (Fsp3) is 0.500. The van der Waals surface area contributed by atoms with Gasteiger partial charge in [-0.3, -0.25) is 4.79 Å². The minimum Gasteiger partial charge on any atom is -0.324 e. The molecule has 1 aromatic carbocycles. The lowest BCUT2D eigenvalue weighted by atomic mass is 10.1. The first-order valence-corrected chi connectivity index (χ1v) is 6.50. The van der Waals surface area contributed by atoms with Crippen LogP contribution in [-0.4, -0.2) is 11.9 Å². The molecular weight excluding hydrogens is 269 g/mol. The highest BCUT2D eigenvalue weighted by Gasteiger charge is 2.31. The second-order valence-corrected chi connectivity index (χ2v) is 4.77. The first-order valence-electron chi connectivity index (χ1n) is 6.50. The van der Waals surface area contributed by atoms with Gasteiger partial charge in [0.05, 0.1) is 11.6 Å². The summed E-state index contributed by atoms with van der Waals surface area (Å²) in [7, 11) is 0. The predicted molar refractivity (Wildman–Crippen MR) is 72.3 cm³/mol. The zero-order valence-corrected chi connectivity index (χ0v) is 11.6. The molecule has 0 saturated heterocycles. The van der Waals surface area contributed by atoms with E-state index in [2.05, 4.69) is 5.32 Å². The van der Waals surface area contributed by atoms with Gasteiger partial charge < -0.3 is 11.1 Å². The predicted octanol–water partition coefficient (Wildman–Crippen LogP) is 3.47. The Balaban J connectivity index is 2.84. The van der Waals surface area contributed by atoms with Crippen molar-refractivity contribution in [1.82, 2.24) is 0 Å². The van der Waals surface area contributed by atoms with Crippen LogP contribution in [0.25, 0.3) is 0 Å². The summed E-state index contributed by atoms with van der Waals surface area (Å²) in [5, 5.41) is 2.47. The highest BCUT2D eigenvalue weighted by molar-refractivity contribution is 5.95. The third kappa shape index (κ3) is 4.52. The van der Waals surface area contributed by atoms with Crippen LogP contribution >= 0.6 is 0 Å². The van der Waals surface area contributed by atoms with Crippen molar-refractivity contribution in [3.05, 3.63) is 29.3 Å². The molecule has 0 saturated carbocycles. The smallest absolute Gasteiger partial charge is 0.324 e. The Morgan fingerprint density at radius 2 is 2.05 bits per heavy atom. The van der Waals surface area contributed by atoms with Gasteiger partial charge in [0, 0.05) is 5.69 Å². The fourth-order valence-electron chi connectivity index (χ4n) is 1.71. The van der Waals surface area contributed by atoms with Crippen molar-refractivity contribution in [3.8, 4) is 0 Å². The number of nitrogens with one attached hydrogen (secondary N) is 1. The second-order valence-electron chi connectivity index (χ2n) is 4.77. The Hall–Kier alpha value is -1.56. The van der Waals surface area contributed by atoms with Crippen LogP contribution in [0.15, 0.2) is 18.2 Å². The molecule has 1 amide bonds. The molecule has 3 nitrogen and oxygen atoms in total. The Morgan fingerprint density at radius 1 is 1.40 bits per heavy atom. The molecule has 1 aromatic rings. The number of hydrogen-bond donors (Lipinski definition) is 2. The molecule has 0 fully saturated rings. The summed E-state index contributed by atoms with van der Waals surface area (Å²) in [6, 6.07) is 2.54. The van der Waals surface area contributed by atoms with Gasteiger partial charge in [-0.25, -0.2) is 0 Å². The van der Waals surface area contributed by atoms with Crippen molar-refractivity contribution < 1.29 is 18.0 Å². The molecule has 3 N–H and O–H groups in total. The van der Waals surface area contributed by atoms with Crippen LogP contribution in [0.1, 0.15) is 37.3 Å². The molecule has 0 aliphatic carbocycles. The Kier molecular flexibility index (Phi) is 5.56. The van der Waals surface area contributed by atoms with Gasteiger partial charge in [0.15, 0.2) is 0 Å². The molecule has 1 atom stereocenters. The lowest BCUT2D eigenvalue weighted by molar-refractivity contribution is -0.137. The van der Waals surface area contributed by atoms with Crippen LogP contribution < -0.4 is 11.1 Å². The lowest BCUT2D eigenvalue weighted by Gasteiger charge is -2.15. The van der Waals surface area contributed by atoms with Crippen molar-refractivity contribution >= 4 is 11.6 Å². The molecule has 0 spiro atoms. The van der Waals surface area contributed by atoms with Gasteiger partial charge in [-0.05, 0) is 31.0 Å². The summed E-state index contributed by atoms with van der Waals surface area (Å²) in [6.45, 7) is 3.61. The SMILES string of the molecule is CCCC[C@H](N)C(=O)Nc1cc(C(F)(F)F)ccc1C. The van der Waals surface area contributed by atoms with E-state index in [1.54, 1.807) is 6.92 Å². The van der Waals surface area contributed by atoms with Gasteiger partial charge in [0.2, 0.25) is 5.91 Å². The molecule has 1 rings (SSSR count). The summed E-state index contributed by atoms with van der Waals surface area (Å²) < 4.78 is 37.9. The maximum atomic E-state index is 12.6. The van der Waals surface area contributed by atoms with Gasteiger partial charge in [-0.15, -0.1) is 0 Å². The average Bonchev–Trinajstić information content (AvgIpc) is 2.37. The van der Waals surface area contributed by atoms with Crippen LogP contribution in [0.3, 0.4) is 0 Å². The molecule has 0 aliphatic rings. The maximum absolute atomic E-state index is 12.6. The van der Waals surface area contributed by atoms with Crippen LogP contribution in [0.2, 0.25) is 0 Å². The first kappa shape index (κ1) is 16.5. The minimum absolute atomic E-state index is 0.150. The molecular formula is C14H19F3N2O. The molecule has 6 heteroatoms. The molecule has 112 valence electrons. The van der Waals surface area contributed by atoms with E-state index in [4.69, 9.17) is 5.73 Å². The standard InChI is InChI=1S/C14H19F3N2O/c1-3-4-5-11(18)13(20)19-12-8-10(14(15,16)17)7-6-9(12)2/h6-8,11H,3-5,18H2,1-2H3,(H,19,20)/t11-/m0/s1. The van der Waals surface area contributed by atoms with Crippen molar-refractivity contribution in [2.45, 2.75) is 45.3 Å². The zero-order valence-electron chi connectivity index (χ0n) is 11.6. The first-order chi connectivity index (χ1) is 9.25. The largest absolute Gasteiger partial charge is 0.416 e. The number of hydrogen-bond acceptors (Lipinski definition) is 2. The summed E-state index contributed by atoms with van der Waals surface area (Å²) in [6.07, 6.45) is -2.21. The van der Waals surface area contributed by atoms with E-state index in [1.807, 2.05) is 6.92 Å². The van der Waals surface area contributed by atoms with E-state index in [0.29, 0.717) is 12.0 Å². The quantitative estimate of drug-likeness (QED) is 0.871. The number of alkyl halides is 3. The third-order valence-electron chi connectivity index (χ3n) is 3.03. The molecule has 0 bridgehead atoms. The minimum atomic E-state index is -4.43. The Labute approximate surface area is 116 Å². The van der Waals surface area contributed by atoms with Crippen LogP contribution in [0.4, 0.5) is 18.9 Å². The van der Waals surface area contributed by atoms with Gasteiger partial charge in [0.1, 0.15) is 0 Å². The summed E-state index contributed by atoms with van der Waals surface area (Å²) in [5.74, 6) is -0.458. The van der Waals surface area contributed by atoms with Crippen LogP contribution in [0, 0.1) is 6.92 Å². The van der Waals surface area contributed by atoms with E-state index in [0.717, 1.165) is 25.0 Å². The number of halogens is 3. The fourth-order valence-corrected chi connectivity index (χ4v) is 1.71. The molecule has 0 aliphatic heterocycles. The molecule has 20 heavy (non-hydrogen) atoms. The maximum Gasteiger partial charge on any atom is 0.416 e. The van der Waals surface area contributed by atoms with Crippen molar-refractivity contribution in [3.63, 3.8) is 0 Å². The third-order valence-corrected chi connectivity index (χ3v) is 3.03. The van der Waals surface area contributed by atoms with Crippen LogP contribution in [0.5, 0.6) is 0 Å². The number of anilines is 1. The lowest BCUT2D eigenvalue weighted by Crippen LogP contribution is -2.35. The van der Waals surface area contributed by atoms with E-state index < -0.39 is 23.7 Å². The number of rotatable bonds is 5. The van der Waals surface area contributed by atoms with Gasteiger partial charge in [0.25, 0.3) is 0 Å². The van der Waals surface area contributed by atoms with Crippen LogP contribution in [-0.2, 0) is 11.0 Å². The monoisotopic (exact) mass is 288 g/mol.